The molecule has 0 fully saturated rings. The highest BCUT2D eigenvalue weighted by Crippen LogP contribution is 2.24. The zero-order chi connectivity index (χ0) is 15.2. The maximum absolute atomic E-state index is 11.6. The van der Waals surface area contributed by atoms with Crippen molar-refractivity contribution in [2.75, 3.05) is 13.2 Å². The number of phenols is 1. The van der Waals surface area contributed by atoms with Gasteiger partial charge in [0.25, 0.3) is 5.91 Å². The molecule has 0 aliphatic heterocycles. The van der Waals surface area contributed by atoms with Gasteiger partial charge < -0.3 is 20.3 Å². The van der Waals surface area contributed by atoms with Gasteiger partial charge in [0.15, 0.2) is 18.1 Å². The Morgan fingerprint density at radius 1 is 1.35 bits per heavy atom. The molecule has 1 rings (SSSR count). The Kier molecular flexibility index (Phi) is 5.82. The molecule has 1 unspecified atom stereocenters. The summed E-state index contributed by atoms with van der Waals surface area (Å²) in [4.78, 5) is 11.6. The highest BCUT2D eigenvalue weighted by Gasteiger charge is 2.17. The Hall–Kier alpha value is -1.75. The van der Waals surface area contributed by atoms with E-state index in [-0.39, 0.29) is 36.0 Å². The van der Waals surface area contributed by atoms with Crippen LogP contribution in [0, 0.1) is 5.41 Å². The van der Waals surface area contributed by atoms with Gasteiger partial charge in [0.1, 0.15) is 0 Å². The number of benzene rings is 1. The Morgan fingerprint density at radius 2 is 2.00 bits per heavy atom. The first-order valence-electron chi connectivity index (χ1n) is 6.63. The largest absolute Gasteiger partial charge is 0.504 e. The number of para-hydroxylation sites is 2. The number of nitrogens with one attached hydrogen (secondary N) is 1. The summed E-state index contributed by atoms with van der Waals surface area (Å²) in [6, 6.07) is 6.45. The van der Waals surface area contributed by atoms with Crippen LogP contribution in [-0.4, -0.2) is 35.4 Å². The third kappa shape index (κ3) is 6.43. The second-order valence-corrected chi connectivity index (χ2v) is 5.98. The molecular formula is C15H23NO4. The minimum atomic E-state index is -0.580. The van der Waals surface area contributed by atoms with Crippen molar-refractivity contribution in [2.45, 2.75) is 33.3 Å². The lowest BCUT2D eigenvalue weighted by molar-refractivity contribution is -0.123. The third-order valence-corrected chi connectivity index (χ3v) is 2.61. The molecule has 0 aliphatic carbocycles. The molecule has 1 amide bonds. The molecule has 1 atom stereocenters. The Balaban J connectivity index is 2.29. The van der Waals surface area contributed by atoms with E-state index in [1.807, 2.05) is 20.8 Å². The predicted molar refractivity (Wildman–Crippen MR) is 76.7 cm³/mol. The maximum atomic E-state index is 11.6. The minimum absolute atomic E-state index is 0.00642. The minimum Gasteiger partial charge on any atom is -0.504 e. The van der Waals surface area contributed by atoms with Crippen LogP contribution in [0.2, 0.25) is 0 Å². The molecular weight excluding hydrogens is 258 g/mol. The van der Waals surface area contributed by atoms with Gasteiger partial charge in [-0.25, -0.2) is 0 Å². The van der Waals surface area contributed by atoms with Crippen LogP contribution in [0.25, 0.3) is 0 Å². The second kappa shape index (κ2) is 7.14. The van der Waals surface area contributed by atoms with E-state index in [1.54, 1.807) is 18.2 Å². The summed E-state index contributed by atoms with van der Waals surface area (Å²) in [5.41, 5.74) is 0.0104. The van der Waals surface area contributed by atoms with Crippen LogP contribution in [0.3, 0.4) is 0 Å². The number of aliphatic hydroxyl groups excluding tert-OH is 1. The molecule has 0 aliphatic rings. The van der Waals surface area contributed by atoms with Crippen LogP contribution >= 0.6 is 0 Å². The predicted octanol–water partition coefficient (Wildman–Crippen LogP) is 1.68. The van der Waals surface area contributed by atoms with Gasteiger partial charge in [-0.1, -0.05) is 32.9 Å². The van der Waals surface area contributed by atoms with Gasteiger partial charge in [0, 0.05) is 6.54 Å². The standard InChI is InChI=1S/C15H23NO4/c1-15(2,3)8-11(17)9-16-14(19)10-20-13-7-5-4-6-12(13)18/h4-7,11,17-18H,8-10H2,1-3H3,(H,16,19). The maximum Gasteiger partial charge on any atom is 0.258 e. The van der Waals surface area contributed by atoms with Crippen molar-refractivity contribution >= 4 is 5.91 Å². The summed E-state index contributed by atoms with van der Waals surface area (Å²) < 4.78 is 5.19. The second-order valence-electron chi connectivity index (χ2n) is 5.98. The van der Waals surface area contributed by atoms with E-state index >= 15 is 0 Å². The van der Waals surface area contributed by atoms with E-state index in [0.717, 1.165) is 0 Å². The van der Waals surface area contributed by atoms with E-state index in [9.17, 15) is 15.0 Å². The Labute approximate surface area is 119 Å². The SMILES string of the molecule is CC(C)(C)CC(O)CNC(=O)COc1ccccc1O. The lowest BCUT2D eigenvalue weighted by atomic mass is 9.89. The lowest BCUT2D eigenvalue weighted by Gasteiger charge is -2.22. The highest BCUT2D eigenvalue weighted by atomic mass is 16.5. The summed E-state index contributed by atoms with van der Waals surface area (Å²) in [7, 11) is 0. The number of amides is 1. The molecule has 3 N–H and O–H groups in total. The molecule has 1 aromatic carbocycles. The summed E-state index contributed by atoms with van der Waals surface area (Å²) in [6.07, 6.45) is 0.0252. The first-order valence-corrected chi connectivity index (χ1v) is 6.63. The fourth-order valence-electron chi connectivity index (χ4n) is 1.78. The van der Waals surface area contributed by atoms with E-state index < -0.39 is 6.10 Å². The molecule has 0 heterocycles. The Bertz CT molecular complexity index is 440. The van der Waals surface area contributed by atoms with Crippen LogP contribution in [0.15, 0.2) is 24.3 Å². The average molecular weight is 281 g/mol. The number of aromatic hydroxyl groups is 1. The summed E-state index contributed by atoms with van der Waals surface area (Å²) in [6.45, 7) is 6.08. The average Bonchev–Trinajstić information content (AvgIpc) is 2.33. The van der Waals surface area contributed by atoms with Gasteiger partial charge in [0.2, 0.25) is 0 Å². The van der Waals surface area contributed by atoms with Crippen LogP contribution in [0.5, 0.6) is 11.5 Å². The van der Waals surface area contributed by atoms with Gasteiger partial charge in [-0.05, 0) is 24.0 Å². The van der Waals surface area contributed by atoms with E-state index in [0.29, 0.717) is 6.42 Å². The van der Waals surface area contributed by atoms with Crippen molar-refractivity contribution in [1.29, 1.82) is 0 Å². The molecule has 0 spiro atoms. The normalized spacial score (nSPS) is 12.8. The zero-order valence-corrected chi connectivity index (χ0v) is 12.2. The molecule has 0 saturated heterocycles. The lowest BCUT2D eigenvalue weighted by Crippen LogP contribution is -2.36. The van der Waals surface area contributed by atoms with Gasteiger partial charge in [0.05, 0.1) is 6.10 Å². The fraction of sp³-hybridized carbons (Fsp3) is 0.533. The van der Waals surface area contributed by atoms with Crippen LogP contribution < -0.4 is 10.1 Å². The van der Waals surface area contributed by atoms with Gasteiger partial charge in [-0.15, -0.1) is 0 Å². The van der Waals surface area contributed by atoms with Crippen molar-refractivity contribution < 1.29 is 19.7 Å². The summed E-state index contributed by atoms with van der Waals surface area (Å²) in [5.74, 6) is -0.0767. The fourth-order valence-corrected chi connectivity index (χ4v) is 1.78. The molecule has 5 nitrogen and oxygen atoms in total. The Morgan fingerprint density at radius 3 is 2.60 bits per heavy atom. The molecule has 0 aromatic heterocycles. The third-order valence-electron chi connectivity index (χ3n) is 2.61. The van der Waals surface area contributed by atoms with Gasteiger partial charge in [-0.2, -0.15) is 0 Å². The van der Waals surface area contributed by atoms with Crippen molar-refractivity contribution in [3.8, 4) is 11.5 Å². The first-order chi connectivity index (χ1) is 9.28. The van der Waals surface area contributed by atoms with Crippen molar-refractivity contribution in [1.82, 2.24) is 5.32 Å². The van der Waals surface area contributed by atoms with Gasteiger partial charge >= 0.3 is 0 Å². The molecule has 20 heavy (non-hydrogen) atoms. The van der Waals surface area contributed by atoms with Crippen molar-refractivity contribution in [3.05, 3.63) is 24.3 Å². The highest BCUT2D eigenvalue weighted by molar-refractivity contribution is 5.77. The molecule has 112 valence electrons. The van der Waals surface area contributed by atoms with Crippen LogP contribution in [0.4, 0.5) is 0 Å². The molecule has 0 saturated carbocycles. The number of carbonyl (C=O) groups is 1. The number of ether oxygens (including phenoxy) is 1. The molecule has 0 bridgehead atoms. The summed E-state index contributed by atoms with van der Waals surface area (Å²) in [5, 5.41) is 21.8. The summed E-state index contributed by atoms with van der Waals surface area (Å²) >= 11 is 0. The quantitative estimate of drug-likeness (QED) is 0.741. The van der Waals surface area contributed by atoms with Crippen LogP contribution in [-0.2, 0) is 4.79 Å². The zero-order valence-electron chi connectivity index (χ0n) is 12.2. The van der Waals surface area contributed by atoms with E-state index in [4.69, 9.17) is 4.74 Å². The monoisotopic (exact) mass is 281 g/mol. The number of rotatable bonds is 6. The number of hydrogen-bond donors (Lipinski definition) is 3. The van der Waals surface area contributed by atoms with Crippen LogP contribution in [0.1, 0.15) is 27.2 Å². The first kappa shape index (κ1) is 16.3. The molecule has 5 heteroatoms. The number of phenolic OH excluding ortho intramolecular Hbond substituents is 1. The molecule has 0 radical (unpaired) electrons. The molecule has 1 aromatic rings. The van der Waals surface area contributed by atoms with E-state index in [2.05, 4.69) is 5.32 Å². The van der Waals surface area contributed by atoms with Crippen molar-refractivity contribution in [3.63, 3.8) is 0 Å². The van der Waals surface area contributed by atoms with E-state index in [1.165, 1.54) is 6.07 Å². The smallest absolute Gasteiger partial charge is 0.258 e. The number of carbonyl (C=O) groups excluding carboxylic acids is 1. The topological polar surface area (TPSA) is 78.8 Å². The number of aliphatic hydroxyl groups is 1. The number of hydrogen-bond acceptors (Lipinski definition) is 4. The van der Waals surface area contributed by atoms with Gasteiger partial charge in [-0.3, -0.25) is 4.79 Å². The van der Waals surface area contributed by atoms with Crippen molar-refractivity contribution in [2.24, 2.45) is 5.41 Å².